The Morgan fingerprint density at radius 2 is 0.774 bits per heavy atom. The maximum Gasteiger partial charge on any atom is 4.00 e. The molecule has 15 heteroatoms. The van der Waals surface area contributed by atoms with E-state index in [1.807, 2.05) is 0 Å². The fourth-order valence-corrected chi connectivity index (χ4v) is 0.203. The van der Waals surface area contributed by atoms with Crippen molar-refractivity contribution in [3.05, 3.63) is 0 Å². The van der Waals surface area contributed by atoms with Crippen molar-refractivity contribution in [2.45, 2.75) is 66.0 Å². The number of carboxylic acids is 4. The number of esters is 1. The number of hydrogen-bond donors (Lipinski definition) is 4. The zero-order valence-corrected chi connectivity index (χ0v) is 19.4. The third-order valence-corrected chi connectivity index (χ3v) is 1.71. The molecule has 0 rings (SSSR count). The normalized spacial score (nSPS) is 12.1. The molecule has 0 radical (unpaired) electrons. The van der Waals surface area contributed by atoms with Crippen molar-refractivity contribution >= 4 is 29.8 Å². The number of carbonyl (C=O) groups excluding carboxylic acids is 5. The minimum atomic E-state index is -1.44. The molecule has 180 valence electrons. The molecule has 0 aliphatic rings. The van der Waals surface area contributed by atoms with Crippen LogP contribution in [0.3, 0.4) is 0 Å². The van der Waals surface area contributed by atoms with Gasteiger partial charge in [-0.2, -0.15) is 0 Å². The number of aliphatic hydroxyl groups is 4. The number of aliphatic carboxylic acids is 4. The smallest absolute Gasteiger partial charge is 0.547 e. The molecule has 0 fully saturated rings. The Hall–Kier alpha value is -2.10. The molecule has 0 aromatic carbocycles. The van der Waals surface area contributed by atoms with Gasteiger partial charge in [-0.1, -0.05) is 0 Å². The molecule has 0 aliphatic heterocycles. The predicted molar refractivity (Wildman–Crippen MR) is 89.1 cm³/mol. The van der Waals surface area contributed by atoms with Crippen molar-refractivity contribution in [3.63, 3.8) is 0 Å². The zero-order valence-electron chi connectivity index (χ0n) is 17.9. The van der Waals surface area contributed by atoms with Gasteiger partial charge in [0.25, 0.3) is 0 Å². The Labute approximate surface area is 194 Å². The van der Waals surface area contributed by atoms with Crippen molar-refractivity contribution in [3.8, 4) is 0 Å². The molecule has 0 aliphatic carbocycles. The molecular formula is C16H28O14Ti. The minimum Gasteiger partial charge on any atom is -0.547 e. The van der Waals surface area contributed by atoms with E-state index in [0.717, 1.165) is 27.7 Å². The van der Waals surface area contributed by atoms with Crippen LogP contribution in [0, 0.1) is 0 Å². The van der Waals surface area contributed by atoms with Crippen LogP contribution >= 0.6 is 0 Å². The number of hydrogen-bond acceptors (Lipinski definition) is 14. The molecule has 0 aromatic heterocycles. The van der Waals surface area contributed by atoms with Gasteiger partial charge in [0.2, 0.25) is 0 Å². The number of rotatable bonds is 5. The minimum absolute atomic E-state index is 0. The Morgan fingerprint density at radius 3 is 0.774 bits per heavy atom. The van der Waals surface area contributed by atoms with Crippen LogP contribution in [-0.2, 0) is 50.4 Å². The summed E-state index contributed by atoms with van der Waals surface area (Å²) in [5, 5.41) is 69.2. The monoisotopic (exact) mass is 492 g/mol. The Bertz CT molecular complexity index is 417. The fraction of sp³-hybridized carbons (Fsp3) is 0.688. The van der Waals surface area contributed by atoms with Gasteiger partial charge in [0.1, 0.15) is 0 Å². The molecule has 0 heterocycles. The number of aliphatic hydroxyl groups excluding tert-OH is 4. The van der Waals surface area contributed by atoms with Crippen LogP contribution in [-0.4, -0.2) is 81.3 Å². The summed E-state index contributed by atoms with van der Waals surface area (Å²) >= 11 is 0. The van der Waals surface area contributed by atoms with Gasteiger partial charge in [-0.25, -0.2) is 0 Å². The molecule has 14 nitrogen and oxygen atoms in total. The van der Waals surface area contributed by atoms with Crippen molar-refractivity contribution in [1.29, 1.82) is 0 Å². The molecule has 0 saturated carbocycles. The molecule has 0 bridgehead atoms. The van der Waals surface area contributed by atoms with E-state index in [4.69, 9.17) is 20.4 Å². The first-order valence-electron chi connectivity index (χ1n) is 8.03. The summed E-state index contributed by atoms with van der Waals surface area (Å²) in [5.41, 5.74) is 0. The van der Waals surface area contributed by atoms with Gasteiger partial charge < -0.3 is 64.8 Å². The summed E-state index contributed by atoms with van der Waals surface area (Å²) in [5.74, 6) is -5.95. The predicted octanol–water partition coefficient (Wildman–Crippen LogP) is -6.96. The SMILES string of the molecule is CC(O)C(=O)[O-].CC(O)C(=O)[O-].CC(O)C(=O)[O-].CC(O)C(=O)[O-].CCOC(C)=O.[Ti+4]. The van der Waals surface area contributed by atoms with Crippen molar-refractivity contribution in [1.82, 2.24) is 0 Å². The molecule has 4 atom stereocenters. The number of carbonyl (C=O) groups is 5. The van der Waals surface area contributed by atoms with Gasteiger partial charge in [-0.05, 0) is 34.6 Å². The Morgan fingerprint density at radius 1 is 0.645 bits per heavy atom. The summed E-state index contributed by atoms with van der Waals surface area (Å²) in [7, 11) is 0. The van der Waals surface area contributed by atoms with E-state index in [1.54, 1.807) is 6.92 Å². The van der Waals surface area contributed by atoms with Gasteiger partial charge in [-0.15, -0.1) is 0 Å². The van der Waals surface area contributed by atoms with Crippen LogP contribution in [0.5, 0.6) is 0 Å². The second-order valence-corrected chi connectivity index (χ2v) is 4.90. The largest absolute Gasteiger partial charge is 4.00 e. The average Bonchev–Trinajstić information content (AvgIpc) is 2.56. The van der Waals surface area contributed by atoms with E-state index in [0.29, 0.717) is 6.61 Å². The van der Waals surface area contributed by atoms with E-state index in [2.05, 4.69) is 4.74 Å². The number of carboxylic acid groups (broad SMARTS) is 4. The van der Waals surface area contributed by atoms with Crippen LogP contribution in [0.2, 0.25) is 0 Å². The van der Waals surface area contributed by atoms with Crippen LogP contribution < -0.4 is 20.4 Å². The molecule has 0 aromatic rings. The Kier molecular flexibility index (Phi) is 38.6. The standard InChI is InChI=1S/C4H8O2.4C3H6O3.Ti/c1-3-6-4(2)5;4*1-2(4)3(5)6;/h3H2,1-2H3;4*2,4H,1H3,(H,5,6);/q;;;;;+4/p-4. The van der Waals surface area contributed by atoms with Crippen molar-refractivity contribution in [2.75, 3.05) is 6.61 Å². The first-order chi connectivity index (χ1) is 13.3. The fourth-order valence-electron chi connectivity index (χ4n) is 0.203. The molecule has 0 spiro atoms. The average molecular weight is 492 g/mol. The van der Waals surface area contributed by atoms with E-state index in [-0.39, 0.29) is 27.7 Å². The summed E-state index contributed by atoms with van der Waals surface area (Å²) in [6.07, 6.45) is -5.37. The molecule has 4 unspecified atom stereocenters. The summed E-state index contributed by atoms with van der Waals surface area (Å²) in [6.45, 7) is 8.19. The molecular weight excluding hydrogens is 464 g/mol. The third kappa shape index (κ3) is 65.5. The number of ether oxygens (including phenoxy) is 1. The van der Waals surface area contributed by atoms with E-state index >= 15 is 0 Å². The first-order valence-corrected chi connectivity index (χ1v) is 8.03. The maximum absolute atomic E-state index is 9.82. The van der Waals surface area contributed by atoms with E-state index in [9.17, 15) is 44.4 Å². The van der Waals surface area contributed by atoms with Gasteiger partial charge in [0.05, 0.1) is 54.9 Å². The van der Waals surface area contributed by atoms with Crippen LogP contribution in [0.25, 0.3) is 0 Å². The van der Waals surface area contributed by atoms with Gasteiger partial charge in [0.15, 0.2) is 0 Å². The first kappa shape index (κ1) is 42.9. The van der Waals surface area contributed by atoms with Crippen LogP contribution in [0.4, 0.5) is 0 Å². The van der Waals surface area contributed by atoms with Crippen LogP contribution in [0.15, 0.2) is 0 Å². The topological polar surface area (TPSA) is 268 Å². The van der Waals surface area contributed by atoms with Gasteiger partial charge >= 0.3 is 27.7 Å². The second kappa shape index (κ2) is 27.9. The van der Waals surface area contributed by atoms with Crippen molar-refractivity contribution in [2.24, 2.45) is 0 Å². The molecule has 4 N–H and O–H groups in total. The quantitative estimate of drug-likeness (QED) is 0.205. The Balaban J connectivity index is -0.0000000625. The van der Waals surface area contributed by atoms with Gasteiger partial charge in [0, 0.05) is 6.92 Å². The van der Waals surface area contributed by atoms with E-state index in [1.165, 1.54) is 6.92 Å². The summed E-state index contributed by atoms with van der Waals surface area (Å²) < 4.78 is 4.40. The van der Waals surface area contributed by atoms with Crippen molar-refractivity contribution < 1.29 is 91.3 Å². The molecule has 0 saturated heterocycles. The molecule has 31 heavy (non-hydrogen) atoms. The zero-order chi connectivity index (χ0) is 25.6. The van der Waals surface area contributed by atoms with Gasteiger partial charge in [-0.3, -0.25) is 4.79 Å². The third-order valence-electron chi connectivity index (χ3n) is 1.71. The second-order valence-electron chi connectivity index (χ2n) is 4.90. The van der Waals surface area contributed by atoms with Crippen LogP contribution in [0.1, 0.15) is 41.5 Å². The summed E-state index contributed by atoms with van der Waals surface area (Å²) in [4.78, 5) is 47.2. The maximum atomic E-state index is 9.82. The summed E-state index contributed by atoms with van der Waals surface area (Å²) in [6, 6.07) is 0. The van der Waals surface area contributed by atoms with E-state index < -0.39 is 48.3 Å². The molecule has 0 amide bonds.